The maximum absolute atomic E-state index is 6.15. The molecular weight excluding hydrogens is 332 g/mol. The molecule has 4 nitrogen and oxygen atoms in total. The second-order valence-corrected chi connectivity index (χ2v) is 8.25. The van der Waals surface area contributed by atoms with Gasteiger partial charge in [-0.1, -0.05) is 12.1 Å². The molecule has 0 unspecified atom stereocenters. The van der Waals surface area contributed by atoms with E-state index < -0.39 is 0 Å². The van der Waals surface area contributed by atoms with Crippen LogP contribution in [-0.4, -0.2) is 42.3 Å². The third-order valence-electron chi connectivity index (χ3n) is 5.39. The van der Waals surface area contributed by atoms with E-state index in [4.69, 9.17) is 9.47 Å². The number of thiophene rings is 1. The molecule has 0 bridgehead atoms. The number of ether oxygens (including phenoxy) is 2. The van der Waals surface area contributed by atoms with Crippen molar-refractivity contribution in [3.8, 4) is 0 Å². The zero-order valence-corrected chi connectivity index (χ0v) is 15.4. The van der Waals surface area contributed by atoms with E-state index in [0.717, 1.165) is 51.4 Å². The average Bonchev–Trinajstić information content (AvgIpc) is 3.15. The van der Waals surface area contributed by atoms with Crippen LogP contribution in [0.1, 0.15) is 29.8 Å². The second kappa shape index (κ2) is 7.96. The number of aromatic nitrogens is 1. The van der Waals surface area contributed by atoms with E-state index >= 15 is 0 Å². The number of hydrogen-bond donors (Lipinski definition) is 0. The Bertz CT molecular complexity index is 649. The van der Waals surface area contributed by atoms with Crippen LogP contribution >= 0.6 is 11.3 Å². The van der Waals surface area contributed by atoms with Gasteiger partial charge in [0, 0.05) is 42.7 Å². The minimum Gasteiger partial charge on any atom is -0.377 e. The Morgan fingerprint density at radius 3 is 3.16 bits per heavy atom. The van der Waals surface area contributed by atoms with Crippen LogP contribution in [0.15, 0.2) is 41.9 Å². The fourth-order valence-electron chi connectivity index (χ4n) is 4.19. The number of hydrogen-bond acceptors (Lipinski definition) is 5. The zero-order chi connectivity index (χ0) is 17.0. The molecule has 0 spiro atoms. The Balaban J connectivity index is 1.40. The second-order valence-electron chi connectivity index (χ2n) is 7.22. The monoisotopic (exact) mass is 358 g/mol. The molecule has 2 aromatic heterocycles. The lowest BCUT2D eigenvalue weighted by molar-refractivity contribution is -0.155. The van der Waals surface area contributed by atoms with Crippen molar-refractivity contribution in [1.82, 2.24) is 9.88 Å². The number of nitrogens with zero attached hydrogens (tertiary/aromatic N) is 2. The first-order chi connectivity index (χ1) is 12.3. The standard InChI is InChI=1S/C20H26N2O2S/c1-2-9-21-17(5-1)14-23-16-20-8-4-11-24-19(20)7-10-22(15-20)13-18-6-3-12-25-18/h1-3,5-6,9,12,19H,4,7-8,10-11,13-16H2/t19-,20-/m0/s1. The van der Waals surface area contributed by atoms with Crippen LogP contribution < -0.4 is 0 Å². The number of rotatable bonds is 6. The van der Waals surface area contributed by atoms with Crippen molar-refractivity contribution in [2.75, 3.05) is 26.3 Å². The van der Waals surface area contributed by atoms with Crippen LogP contribution in [0.4, 0.5) is 0 Å². The van der Waals surface area contributed by atoms with Crippen LogP contribution in [0.25, 0.3) is 0 Å². The highest BCUT2D eigenvalue weighted by atomic mass is 32.1. The fraction of sp³-hybridized carbons (Fsp3) is 0.550. The first kappa shape index (κ1) is 17.2. The number of pyridine rings is 1. The highest BCUT2D eigenvalue weighted by molar-refractivity contribution is 7.09. The van der Waals surface area contributed by atoms with Gasteiger partial charge in [-0.3, -0.25) is 9.88 Å². The van der Waals surface area contributed by atoms with Gasteiger partial charge in [0.05, 0.1) is 25.0 Å². The molecule has 134 valence electrons. The van der Waals surface area contributed by atoms with E-state index in [1.54, 1.807) is 0 Å². The molecule has 5 heteroatoms. The van der Waals surface area contributed by atoms with Crippen LogP contribution in [0.3, 0.4) is 0 Å². The largest absolute Gasteiger partial charge is 0.377 e. The lowest BCUT2D eigenvalue weighted by atomic mass is 9.73. The molecule has 2 aliphatic heterocycles. The molecule has 4 heterocycles. The van der Waals surface area contributed by atoms with Crippen molar-refractivity contribution in [2.24, 2.45) is 5.41 Å². The summed E-state index contributed by atoms with van der Waals surface area (Å²) in [6.07, 6.45) is 5.60. The molecule has 4 rings (SSSR count). The average molecular weight is 359 g/mol. The van der Waals surface area contributed by atoms with Gasteiger partial charge >= 0.3 is 0 Å². The van der Waals surface area contributed by atoms with Gasteiger partial charge < -0.3 is 9.47 Å². The van der Waals surface area contributed by atoms with Gasteiger partial charge in [0.15, 0.2) is 0 Å². The number of fused-ring (bicyclic) bond motifs is 1. The van der Waals surface area contributed by atoms with Crippen molar-refractivity contribution in [2.45, 2.75) is 38.5 Å². The Labute approximate surface area is 153 Å². The van der Waals surface area contributed by atoms with Gasteiger partial charge in [-0.05, 0) is 42.8 Å². The predicted molar refractivity (Wildman–Crippen MR) is 99.5 cm³/mol. The summed E-state index contributed by atoms with van der Waals surface area (Å²) >= 11 is 1.85. The summed E-state index contributed by atoms with van der Waals surface area (Å²) < 4.78 is 12.3. The fourth-order valence-corrected chi connectivity index (χ4v) is 4.94. The van der Waals surface area contributed by atoms with Gasteiger partial charge in [-0.15, -0.1) is 11.3 Å². The van der Waals surface area contributed by atoms with Gasteiger partial charge in [0.25, 0.3) is 0 Å². The Kier molecular flexibility index (Phi) is 5.46. The normalized spacial score (nSPS) is 27.1. The Hall–Kier alpha value is -1.27. The maximum Gasteiger partial charge on any atom is 0.0888 e. The van der Waals surface area contributed by atoms with Crippen molar-refractivity contribution in [3.63, 3.8) is 0 Å². The Morgan fingerprint density at radius 2 is 2.32 bits per heavy atom. The summed E-state index contributed by atoms with van der Waals surface area (Å²) in [6, 6.07) is 10.4. The van der Waals surface area contributed by atoms with Gasteiger partial charge in [0.1, 0.15) is 0 Å². The van der Waals surface area contributed by atoms with Crippen molar-refractivity contribution in [1.29, 1.82) is 0 Å². The molecule has 0 amide bonds. The first-order valence-electron chi connectivity index (χ1n) is 9.18. The van der Waals surface area contributed by atoms with Crippen LogP contribution in [-0.2, 0) is 22.6 Å². The summed E-state index contributed by atoms with van der Waals surface area (Å²) in [5.41, 5.74) is 1.13. The molecule has 25 heavy (non-hydrogen) atoms. The molecule has 2 aliphatic rings. The number of piperidine rings is 1. The van der Waals surface area contributed by atoms with E-state index in [0.29, 0.717) is 12.7 Å². The van der Waals surface area contributed by atoms with Crippen LogP contribution in [0, 0.1) is 5.41 Å². The third kappa shape index (κ3) is 4.11. The molecule has 2 atom stereocenters. The molecular formula is C20H26N2O2S. The summed E-state index contributed by atoms with van der Waals surface area (Å²) in [7, 11) is 0. The minimum absolute atomic E-state index is 0.128. The van der Waals surface area contributed by atoms with Crippen molar-refractivity contribution >= 4 is 11.3 Å². The lowest BCUT2D eigenvalue weighted by Gasteiger charge is -2.50. The van der Waals surface area contributed by atoms with E-state index in [1.165, 1.54) is 11.3 Å². The molecule has 2 aromatic rings. The van der Waals surface area contributed by atoms with Crippen LogP contribution in [0.2, 0.25) is 0 Å². The highest BCUT2D eigenvalue weighted by Crippen LogP contribution is 2.41. The maximum atomic E-state index is 6.15. The molecule has 2 fully saturated rings. The molecule has 2 saturated heterocycles. The number of likely N-dealkylation sites (tertiary alicyclic amines) is 1. The van der Waals surface area contributed by atoms with E-state index in [1.807, 2.05) is 35.7 Å². The van der Waals surface area contributed by atoms with Gasteiger partial charge in [-0.2, -0.15) is 0 Å². The quantitative estimate of drug-likeness (QED) is 0.788. The minimum atomic E-state index is 0.128. The summed E-state index contributed by atoms with van der Waals surface area (Å²) in [6.45, 7) is 5.47. The van der Waals surface area contributed by atoms with Crippen molar-refractivity contribution in [3.05, 3.63) is 52.5 Å². The van der Waals surface area contributed by atoms with Gasteiger partial charge in [0.2, 0.25) is 0 Å². The molecule has 0 N–H and O–H groups in total. The molecule has 0 aromatic carbocycles. The summed E-state index contributed by atoms with van der Waals surface area (Å²) in [5, 5.41) is 2.16. The van der Waals surface area contributed by atoms with Crippen LogP contribution in [0.5, 0.6) is 0 Å². The van der Waals surface area contributed by atoms with E-state index in [2.05, 4.69) is 27.4 Å². The predicted octanol–water partition coefficient (Wildman–Crippen LogP) is 3.73. The summed E-state index contributed by atoms with van der Waals surface area (Å²) in [4.78, 5) is 8.39. The highest BCUT2D eigenvalue weighted by Gasteiger charge is 2.46. The molecule has 0 aliphatic carbocycles. The smallest absolute Gasteiger partial charge is 0.0888 e. The Morgan fingerprint density at radius 1 is 1.32 bits per heavy atom. The third-order valence-corrected chi connectivity index (χ3v) is 6.25. The van der Waals surface area contributed by atoms with E-state index in [9.17, 15) is 0 Å². The first-order valence-corrected chi connectivity index (χ1v) is 10.1. The van der Waals surface area contributed by atoms with E-state index in [-0.39, 0.29) is 5.41 Å². The lowest BCUT2D eigenvalue weighted by Crippen LogP contribution is -2.56. The zero-order valence-electron chi connectivity index (χ0n) is 14.6. The molecule has 0 radical (unpaired) electrons. The molecule has 0 saturated carbocycles. The summed E-state index contributed by atoms with van der Waals surface area (Å²) in [5.74, 6) is 0. The SMILES string of the molecule is c1ccc(COC[C@@]23CCCO[C@H]2CCN(Cc2cccs2)C3)nc1. The topological polar surface area (TPSA) is 34.6 Å². The van der Waals surface area contributed by atoms with Gasteiger partial charge in [-0.25, -0.2) is 0 Å². The van der Waals surface area contributed by atoms with Crippen molar-refractivity contribution < 1.29 is 9.47 Å².